The van der Waals surface area contributed by atoms with Crippen LogP contribution in [0.15, 0.2) is 349 Å². The molecule has 422 valence electrons. The van der Waals surface area contributed by atoms with Gasteiger partial charge < -0.3 is 18.6 Å². The Bertz CT molecular complexity index is 5530. The number of nitrogens with zero attached hydrogens (tertiary/aromatic N) is 2. The van der Waals surface area contributed by atoms with Gasteiger partial charge in [0.15, 0.2) is 0 Å². The Hall–Kier alpha value is -12.0. The number of rotatable bonds is 12. The first-order valence-corrected chi connectivity index (χ1v) is 30.7. The minimum atomic E-state index is 0.854. The van der Waals surface area contributed by atoms with E-state index in [1.165, 1.54) is 38.2 Å². The molecule has 4 nitrogen and oxygen atoms in total. The zero-order valence-electron chi connectivity index (χ0n) is 49.0. The van der Waals surface area contributed by atoms with Crippen LogP contribution in [0, 0.1) is 0 Å². The number of anilines is 6. The van der Waals surface area contributed by atoms with Crippen LogP contribution in [-0.4, -0.2) is 0 Å². The summed E-state index contributed by atoms with van der Waals surface area (Å²) in [4.78, 5) is 4.73. The molecule has 2 heterocycles. The van der Waals surface area contributed by atoms with Crippen molar-refractivity contribution < 1.29 is 8.83 Å². The third kappa shape index (κ3) is 9.34. The van der Waals surface area contributed by atoms with Crippen molar-refractivity contribution in [1.82, 2.24) is 0 Å². The second-order valence-corrected chi connectivity index (χ2v) is 23.2. The first-order chi connectivity index (χ1) is 44.6. The predicted molar refractivity (Wildman–Crippen MR) is 378 cm³/mol. The lowest BCUT2D eigenvalue weighted by molar-refractivity contribution is 0.668. The van der Waals surface area contributed by atoms with Crippen LogP contribution in [0.4, 0.5) is 34.1 Å². The molecule has 17 aromatic rings. The summed E-state index contributed by atoms with van der Waals surface area (Å²) in [6.07, 6.45) is 0. The van der Waals surface area contributed by atoms with E-state index in [9.17, 15) is 0 Å². The van der Waals surface area contributed by atoms with Crippen LogP contribution in [0.2, 0.25) is 0 Å². The van der Waals surface area contributed by atoms with Crippen molar-refractivity contribution in [1.29, 1.82) is 0 Å². The molecule has 0 fully saturated rings. The Morgan fingerprint density at radius 3 is 1.09 bits per heavy atom. The zero-order valence-corrected chi connectivity index (χ0v) is 49.0. The van der Waals surface area contributed by atoms with Crippen LogP contribution in [0.5, 0.6) is 0 Å². The van der Waals surface area contributed by atoms with E-state index < -0.39 is 0 Å². The quantitative estimate of drug-likeness (QED) is 0.122. The Kier molecular flexibility index (Phi) is 12.8. The van der Waals surface area contributed by atoms with E-state index in [0.717, 1.165) is 128 Å². The molecule has 17 rings (SSSR count). The summed E-state index contributed by atoms with van der Waals surface area (Å²) >= 11 is 0. The van der Waals surface area contributed by atoms with Crippen molar-refractivity contribution in [3.05, 3.63) is 340 Å². The van der Waals surface area contributed by atoms with Crippen molar-refractivity contribution in [3.63, 3.8) is 0 Å². The van der Waals surface area contributed by atoms with Gasteiger partial charge in [-0.1, -0.05) is 231 Å². The number of para-hydroxylation sites is 5. The van der Waals surface area contributed by atoms with E-state index in [4.69, 9.17) is 8.83 Å². The van der Waals surface area contributed by atoms with Crippen molar-refractivity contribution in [2.24, 2.45) is 0 Å². The molecule has 90 heavy (non-hydrogen) atoms. The molecule has 0 saturated carbocycles. The maximum Gasteiger partial charge on any atom is 0.136 e. The lowest BCUT2D eigenvalue weighted by atomic mass is 9.95. The fourth-order valence-corrected chi connectivity index (χ4v) is 13.5. The average Bonchev–Trinajstić information content (AvgIpc) is 1.68. The molecule has 4 heteroatoms. The summed E-state index contributed by atoms with van der Waals surface area (Å²) in [5, 5.41) is 9.26. The molecule has 0 aliphatic heterocycles. The van der Waals surface area contributed by atoms with Gasteiger partial charge in [0.25, 0.3) is 0 Å². The third-order valence-corrected chi connectivity index (χ3v) is 17.9. The Morgan fingerprint density at radius 1 is 0.189 bits per heavy atom. The van der Waals surface area contributed by atoms with Crippen LogP contribution in [0.25, 0.3) is 132 Å². The Balaban J connectivity index is 0.654. The first-order valence-electron chi connectivity index (χ1n) is 30.7. The lowest BCUT2D eigenvalue weighted by Gasteiger charge is -2.28. The maximum atomic E-state index is 6.81. The van der Waals surface area contributed by atoms with E-state index in [1.54, 1.807) is 0 Å². The molecule has 0 saturated heterocycles. The average molecular weight is 1150 g/mol. The highest BCUT2D eigenvalue weighted by Gasteiger charge is 2.23. The molecule has 0 atom stereocenters. The van der Waals surface area contributed by atoms with Gasteiger partial charge in [0.05, 0.1) is 11.4 Å². The first kappa shape index (κ1) is 52.4. The van der Waals surface area contributed by atoms with E-state index >= 15 is 0 Å². The van der Waals surface area contributed by atoms with Gasteiger partial charge in [0.1, 0.15) is 22.3 Å². The molecule has 0 aliphatic carbocycles. The zero-order chi connectivity index (χ0) is 59.5. The molecular formula is C86H56N2O2. The molecular weight excluding hydrogens is 1090 g/mol. The highest BCUT2D eigenvalue weighted by Crippen LogP contribution is 2.48. The van der Waals surface area contributed by atoms with Crippen LogP contribution >= 0.6 is 0 Å². The summed E-state index contributed by atoms with van der Waals surface area (Å²) in [5.41, 5.74) is 23.7. The van der Waals surface area contributed by atoms with Crippen molar-refractivity contribution >= 4 is 99.5 Å². The van der Waals surface area contributed by atoms with Crippen LogP contribution in [-0.2, 0) is 0 Å². The van der Waals surface area contributed by atoms with Crippen molar-refractivity contribution in [2.75, 3.05) is 9.80 Å². The topological polar surface area (TPSA) is 32.8 Å². The van der Waals surface area contributed by atoms with E-state index in [0.29, 0.717) is 0 Å². The van der Waals surface area contributed by atoms with Crippen molar-refractivity contribution in [3.8, 4) is 66.8 Å². The second kappa shape index (κ2) is 22.1. The Morgan fingerprint density at radius 2 is 0.533 bits per heavy atom. The van der Waals surface area contributed by atoms with Gasteiger partial charge in [-0.15, -0.1) is 0 Å². The fourth-order valence-electron chi connectivity index (χ4n) is 13.5. The summed E-state index contributed by atoms with van der Waals surface area (Å²) < 4.78 is 13.2. The molecule has 0 spiro atoms. The number of hydrogen-bond acceptors (Lipinski definition) is 4. The van der Waals surface area contributed by atoms with E-state index in [2.05, 4.69) is 337 Å². The number of fused-ring (bicyclic) bond motifs is 8. The van der Waals surface area contributed by atoms with Gasteiger partial charge >= 0.3 is 0 Å². The molecule has 0 unspecified atom stereocenters. The number of benzene rings is 15. The molecule has 0 amide bonds. The minimum absolute atomic E-state index is 0.854. The van der Waals surface area contributed by atoms with Gasteiger partial charge in [0.2, 0.25) is 0 Å². The van der Waals surface area contributed by atoms with E-state index in [1.807, 2.05) is 12.1 Å². The summed E-state index contributed by atoms with van der Waals surface area (Å²) in [6.45, 7) is 0. The molecule has 0 bridgehead atoms. The van der Waals surface area contributed by atoms with Gasteiger partial charge in [-0.25, -0.2) is 0 Å². The molecule has 2 aromatic heterocycles. The standard InChI is InChI=1S/C86H56N2O2/c1-3-19-69(20-4-1)87(79-28-12-9-23-73(79)75-26-15-31-82-85(75)77-25-11-14-30-81(77)89-82)71-48-43-59(44-49-71)58-33-35-60(36-34-58)65-41-38-62-39-42-66(55-68(62)54-65)67-47-52-78-84(56-67)90-83-32-16-27-76(86(78)83)74-24-10-13-29-80(74)88(70-21-5-2-6-22-70)72-50-45-61(46-51-72)64-40-37-57-17-7-8-18-63(57)53-64/h1-56H. The monoisotopic (exact) mass is 1150 g/mol. The smallest absolute Gasteiger partial charge is 0.136 e. The highest BCUT2D eigenvalue weighted by molar-refractivity contribution is 6.16. The van der Waals surface area contributed by atoms with Crippen molar-refractivity contribution in [2.45, 2.75) is 0 Å². The number of hydrogen-bond donors (Lipinski definition) is 0. The molecule has 15 aromatic carbocycles. The van der Waals surface area contributed by atoms with Crippen LogP contribution in [0.1, 0.15) is 0 Å². The van der Waals surface area contributed by atoms with Crippen LogP contribution in [0.3, 0.4) is 0 Å². The molecule has 0 aliphatic rings. The summed E-state index contributed by atoms with van der Waals surface area (Å²) in [5.74, 6) is 0. The number of furan rings is 2. The normalized spacial score (nSPS) is 11.6. The molecule has 0 radical (unpaired) electrons. The molecule has 0 N–H and O–H groups in total. The lowest BCUT2D eigenvalue weighted by Crippen LogP contribution is -2.11. The van der Waals surface area contributed by atoms with Crippen LogP contribution < -0.4 is 9.80 Å². The third-order valence-electron chi connectivity index (χ3n) is 17.9. The highest BCUT2D eigenvalue weighted by atomic mass is 16.3. The van der Waals surface area contributed by atoms with Gasteiger partial charge in [0, 0.05) is 55.4 Å². The Labute approximate surface area is 521 Å². The predicted octanol–water partition coefficient (Wildman–Crippen LogP) is 24.7. The minimum Gasteiger partial charge on any atom is -0.456 e. The maximum absolute atomic E-state index is 6.81. The largest absolute Gasteiger partial charge is 0.456 e. The van der Waals surface area contributed by atoms with Gasteiger partial charge in [-0.2, -0.15) is 0 Å². The van der Waals surface area contributed by atoms with Gasteiger partial charge in [-0.05, 0) is 186 Å². The van der Waals surface area contributed by atoms with Gasteiger partial charge in [-0.3, -0.25) is 0 Å². The summed E-state index contributed by atoms with van der Waals surface area (Å²) in [7, 11) is 0. The SMILES string of the molecule is c1ccc(N(c2ccc(-c3ccc(-c4ccc5ccc(-c6ccc7c(c6)oc6cccc(-c8ccccc8N(c8ccccc8)c8ccc(-c9ccc%10ccccc%10c9)cc8)c67)cc5c4)cc3)cc2)c2ccccc2-c2cccc3oc4ccccc4c23)cc1. The second-order valence-electron chi connectivity index (χ2n) is 23.2. The van der Waals surface area contributed by atoms with E-state index in [-0.39, 0.29) is 0 Å². The summed E-state index contributed by atoms with van der Waals surface area (Å²) in [6, 6.07) is 122. The fraction of sp³-hybridized carbons (Fsp3) is 0.